The minimum Gasteiger partial charge on any atom is -0.381 e. The van der Waals surface area contributed by atoms with Gasteiger partial charge in [-0.1, -0.05) is 49.4 Å². The number of ether oxygens (including phenoxy) is 1. The van der Waals surface area contributed by atoms with Gasteiger partial charge in [-0.05, 0) is 42.1 Å². The van der Waals surface area contributed by atoms with Crippen molar-refractivity contribution in [3.63, 3.8) is 0 Å². The van der Waals surface area contributed by atoms with Crippen molar-refractivity contribution >= 4 is 10.8 Å². The molecule has 2 atom stereocenters. The highest BCUT2D eigenvalue weighted by molar-refractivity contribution is 5.86. The van der Waals surface area contributed by atoms with Crippen molar-refractivity contribution in [2.75, 3.05) is 19.8 Å². The van der Waals surface area contributed by atoms with E-state index < -0.39 is 0 Å². The molecular weight excluding hydrogens is 258 g/mol. The van der Waals surface area contributed by atoms with Gasteiger partial charge in [0, 0.05) is 18.6 Å². The van der Waals surface area contributed by atoms with Gasteiger partial charge in [0.1, 0.15) is 0 Å². The minimum absolute atomic E-state index is 0.399. The molecule has 1 N–H and O–H groups in total. The predicted molar refractivity (Wildman–Crippen MR) is 88.5 cm³/mol. The normalized spacial score (nSPS) is 20.5. The Labute approximate surface area is 127 Å². The van der Waals surface area contributed by atoms with Crippen LogP contribution in [0.4, 0.5) is 0 Å². The second-order valence-corrected chi connectivity index (χ2v) is 5.98. The van der Waals surface area contributed by atoms with Crippen LogP contribution in [0.2, 0.25) is 0 Å². The number of fused-ring (bicyclic) bond motifs is 1. The fourth-order valence-corrected chi connectivity index (χ4v) is 3.38. The van der Waals surface area contributed by atoms with Crippen molar-refractivity contribution in [3.05, 3.63) is 48.0 Å². The first kappa shape index (κ1) is 14.6. The summed E-state index contributed by atoms with van der Waals surface area (Å²) in [5.41, 5.74) is 1.43. The van der Waals surface area contributed by atoms with Crippen LogP contribution in [-0.4, -0.2) is 19.8 Å². The maximum absolute atomic E-state index is 5.74. The van der Waals surface area contributed by atoms with E-state index in [0.717, 1.165) is 26.2 Å². The molecule has 0 aromatic heterocycles. The number of rotatable bonds is 5. The molecule has 0 aliphatic carbocycles. The van der Waals surface area contributed by atoms with Gasteiger partial charge in [-0.25, -0.2) is 0 Å². The molecule has 1 saturated heterocycles. The Morgan fingerprint density at radius 3 is 2.86 bits per heavy atom. The highest BCUT2D eigenvalue weighted by Gasteiger charge is 2.26. The summed E-state index contributed by atoms with van der Waals surface area (Å²) in [5, 5.41) is 6.47. The second-order valence-electron chi connectivity index (χ2n) is 5.98. The van der Waals surface area contributed by atoms with Gasteiger partial charge in [-0.3, -0.25) is 0 Å². The molecule has 1 heterocycles. The Morgan fingerprint density at radius 1 is 1.19 bits per heavy atom. The first-order valence-electron chi connectivity index (χ1n) is 8.19. The van der Waals surface area contributed by atoms with Crippen LogP contribution in [0.3, 0.4) is 0 Å². The smallest absolute Gasteiger partial charge is 0.0512 e. The van der Waals surface area contributed by atoms with Crippen molar-refractivity contribution < 1.29 is 4.74 Å². The third-order valence-corrected chi connectivity index (χ3v) is 4.44. The molecule has 0 saturated carbocycles. The fraction of sp³-hybridized carbons (Fsp3) is 0.474. The van der Waals surface area contributed by atoms with Crippen molar-refractivity contribution in [3.8, 4) is 0 Å². The summed E-state index contributed by atoms with van der Waals surface area (Å²) in [7, 11) is 0. The SMILES string of the molecule is CCCNC(c1cccc2ccccc12)C1CCCOC1. The Bertz CT molecular complexity index is 569. The van der Waals surface area contributed by atoms with E-state index >= 15 is 0 Å². The number of benzene rings is 2. The Hall–Kier alpha value is -1.38. The summed E-state index contributed by atoms with van der Waals surface area (Å²) in [6, 6.07) is 15.8. The van der Waals surface area contributed by atoms with Crippen LogP contribution >= 0.6 is 0 Å². The summed E-state index contributed by atoms with van der Waals surface area (Å²) < 4.78 is 5.74. The average Bonchev–Trinajstić information content (AvgIpc) is 2.56. The molecule has 2 heteroatoms. The van der Waals surface area contributed by atoms with Crippen LogP contribution in [-0.2, 0) is 4.74 Å². The average molecular weight is 283 g/mol. The molecule has 21 heavy (non-hydrogen) atoms. The highest BCUT2D eigenvalue weighted by atomic mass is 16.5. The molecule has 1 fully saturated rings. The lowest BCUT2D eigenvalue weighted by Gasteiger charge is -2.32. The molecule has 2 aromatic rings. The minimum atomic E-state index is 0.399. The van der Waals surface area contributed by atoms with Gasteiger partial charge in [0.25, 0.3) is 0 Å². The number of hydrogen-bond donors (Lipinski definition) is 1. The third-order valence-electron chi connectivity index (χ3n) is 4.44. The van der Waals surface area contributed by atoms with Crippen LogP contribution < -0.4 is 5.32 Å². The van der Waals surface area contributed by atoms with Crippen LogP contribution in [0, 0.1) is 5.92 Å². The molecule has 0 radical (unpaired) electrons. The maximum Gasteiger partial charge on any atom is 0.0512 e. The molecule has 112 valence electrons. The molecular formula is C19H25NO. The summed E-state index contributed by atoms with van der Waals surface area (Å²) in [5.74, 6) is 0.580. The van der Waals surface area contributed by atoms with Gasteiger partial charge in [0.15, 0.2) is 0 Å². The molecule has 2 aromatic carbocycles. The Kier molecular flexibility index (Phi) is 4.89. The van der Waals surface area contributed by atoms with E-state index in [1.807, 2.05) is 0 Å². The van der Waals surface area contributed by atoms with Crippen molar-refractivity contribution in [2.24, 2.45) is 5.92 Å². The first-order valence-corrected chi connectivity index (χ1v) is 8.19. The van der Waals surface area contributed by atoms with E-state index in [-0.39, 0.29) is 0 Å². The van der Waals surface area contributed by atoms with Crippen molar-refractivity contribution in [2.45, 2.75) is 32.2 Å². The van der Waals surface area contributed by atoms with E-state index in [1.165, 1.54) is 29.2 Å². The van der Waals surface area contributed by atoms with Crippen LogP contribution in [0.1, 0.15) is 37.8 Å². The Morgan fingerprint density at radius 2 is 2.05 bits per heavy atom. The zero-order valence-corrected chi connectivity index (χ0v) is 12.8. The van der Waals surface area contributed by atoms with Gasteiger partial charge in [-0.2, -0.15) is 0 Å². The molecule has 0 amide bonds. The van der Waals surface area contributed by atoms with Gasteiger partial charge in [0.05, 0.1) is 6.61 Å². The van der Waals surface area contributed by atoms with E-state index in [1.54, 1.807) is 0 Å². The van der Waals surface area contributed by atoms with Crippen molar-refractivity contribution in [1.82, 2.24) is 5.32 Å². The summed E-state index contributed by atoms with van der Waals surface area (Å²) >= 11 is 0. The predicted octanol–water partition coefficient (Wildman–Crippen LogP) is 4.31. The van der Waals surface area contributed by atoms with Gasteiger partial charge in [-0.15, -0.1) is 0 Å². The summed E-state index contributed by atoms with van der Waals surface area (Å²) in [6.45, 7) is 5.09. The number of hydrogen-bond acceptors (Lipinski definition) is 2. The van der Waals surface area contributed by atoms with Gasteiger partial charge < -0.3 is 10.1 Å². The van der Waals surface area contributed by atoms with E-state index in [4.69, 9.17) is 4.74 Å². The largest absolute Gasteiger partial charge is 0.381 e. The molecule has 3 rings (SSSR count). The fourth-order valence-electron chi connectivity index (χ4n) is 3.38. The lowest BCUT2D eigenvalue weighted by Crippen LogP contribution is -2.34. The maximum atomic E-state index is 5.74. The van der Waals surface area contributed by atoms with Gasteiger partial charge >= 0.3 is 0 Å². The van der Waals surface area contributed by atoms with E-state index in [2.05, 4.69) is 54.7 Å². The molecule has 0 bridgehead atoms. The van der Waals surface area contributed by atoms with Crippen LogP contribution in [0.5, 0.6) is 0 Å². The van der Waals surface area contributed by atoms with Gasteiger partial charge in [0.2, 0.25) is 0 Å². The third kappa shape index (κ3) is 3.28. The zero-order chi connectivity index (χ0) is 14.5. The summed E-state index contributed by atoms with van der Waals surface area (Å²) in [4.78, 5) is 0. The lowest BCUT2D eigenvalue weighted by atomic mass is 9.86. The zero-order valence-electron chi connectivity index (χ0n) is 12.8. The molecule has 2 nitrogen and oxygen atoms in total. The highest BCUT2D eigenvalue weighted by Crippen LogP contribution is 2.33. The number of nitrogens with one attached hydrogen (secondary N) is 1. The monoisotopic (exact) mass is 283 g/mol. The quantitative estimate of drug-likeness (QED) is 0.883. The second kappa shape index (κ2) is 7.06. The molecule has 2 unspecified atom stereocenters. The topological polar surface area (TPSA) is 21.3 Å². The van der Waals surface area contributed by atoms with Crippen LogP contribution in [0.25, 0.3) is 10.8 Å². The Balaban J connectivity index is 1.96. The van der Waals surface area contributed by atoms with E-state index in [0.29, 0.717) is 12.0 Å². The van der Waals surface area contributed by atoms with Crippen LogP contribution in [0.15, 0.2) is 42.5 Å². The van der Waals surface area contributed by atoms with E-state index in [9.17, 15) is 0 Å². The molecule has 1 aliphatic heterocycles. The molecule has 0 spiro atoms. The van der Waals surface area contributed by atoms with Crippen molar-refractivity contribution in [1.29, 1.82) is 0 Å². The first-order chi connectivity index (χ1) is 10.4. The summed E-state index contributed by atoms with van der Waals surface area (Å²) in [6.07, 6.45) is 3.60. The standard InChI is InChI=1S/C19H25NO/c1-2-12-20-19(16-9-6-13-21-14-16)18-11-5-8-15-7-3-4-10-17(15)18/h3-5,7-8,10-11,16,19-20H,2,6,9,12-14H2,1H3. The molecule has 1 aliphatic rings. The lowest BCUT2D eigenvalue weighted by molar-refractivity contribution is 0.0392.